The molecule has 0 fully saturated rings. The van der Waals surface area contributed by atoms with E-state index >= 15 is 0 Å². The van der Waals surface area contributed by atoms with Crippen LogP contribution in [0.4, 0.5) is 26.0 Å². The minimum absolute atomic E-state index is 0.132. The van der Waals surface area contributed by atoms with Crippen LogP contribution in [0.5, 0.6) is 5.75 Å². The summed E-state index contributed by atoms with van der Waals surface area (Å²) in [6, 6.07) is 13.1. The highest BCUT2D eigenvalue weighted by molar-refractivity contribution is 6.16. The first-order valence-corrected chi connectivity index (χ1v) is 13.7. The van der Waals surface area contributed by atoms with Crippen molar-refractivity contribution < 1.29 is 13.5 Å². The van der Waals surface area contributed by atoms with Crippen molar-refractivity contribution >= 4 is 22.9 Å². The van der Waals surface area contributed by atoms with Gasteiger partial charge in [0, 0.05) is 72.6 Å². The van der Waals surface area contributed by atoms with Gasteiger partial charge >= 0.3 is 0 Å². The fourth-order valence-electron chi connectivity index (χ4n) is 4.86. The lowest BCUT2D eigenvalue weighted by Gasteiger charge is -2.29. The molecule has 8 nitrogen and oxygen atoms in total. The number of benzene rings is 2. The van der Waals surface area contributed by atoms with Crippen LogP contribution in [0, 0.1) is 18.6 Å². The van der Waals surface area contributed by atoms with E-state index in [1.165, 1.54) is 12.1 Å². The summed E-state index contributed by atoms with van der Waals surface area (Å²) in [6.45, 7) is 8.40. The van der Waals surface area contributed by atoms with Crippen molar-refractivity contribution in [2.24, 2.45) is 0 Å². The van der Waals surface area contributed by atoms with E-state index in [1.54, 1.807) is 37.4 Å². The van der Waals surface area contributed by atoms with E-state index in [2.05, 4.69) is 27.4 Å². The smallest absolute Gasteiger partial charge is 0.139 e. The molecule has 0 spiro atoms. The maximum absolute atomic E-state index is 14.7. The number of ether oxygens (including phenoxy) is 1. The highest BCUT2D eigenvalue weighted by Crippen LogP contribution is 2.29. The first-order chi connectivity index (χ1) is 19.9. The number of likely N-dealkylation sites (N-methyl/N-ethyl adjacent to an activating group) is 1. The molecule has 4 aromatic rings. The number of nitrogens with one attached hydrogen (secondary N) is 2. The topological polar surface area (TPSA) is 97.5 Å². The highest BCUT2D eigenvalue weighted by atomic mass is 19.1. The van der Waals surface area contributed by atoms with Gasteiger partial charge in [0.05, 0.1) is 12.3 Å². The van der Waals surface area contributed by atoms with Crippen molar-refractivity contribution in [3.05, 3.63) is 106 Å². The third-order valence-electron chi connectivity index (χ3n) is 7.02. The van der Waals surface area contributed by atoms with Gasteiger partial charge in [-0.3, -0.25) is 9.88 Å². The molecule has 2 aromatic heterocycles. The molecule has 0 bridgehead atoms. The lowest BCUT2D eigenvalue weighted by Crippen LogP contribution is -2.32. The molecular formula is C31H32F2N7O-. The number of hydrogen-bond donors (Lipinski definition) is 2. The van der Waals surface area contributed by atoms with Gasteiger partial charge in [0.15, 0.2) is 0 Å². The molecule has 10 heteroatoms. The second-order valence-corrected chi connectivity index (χ2v) is 9.80. The number of rotatable bonds is 10. The quantitative estimate of drug-likeness (QED) is 0.231. The number of aromatic nitrogens is 3. The Balaban J connectivity index is 1.46. The molecule has 0 saturated heterocycles. The number of aryl methyl sites for hydroxylation is 1. The van der Waals surface area contributed by atoms with Crippen molar-refractivity contribution in [2.45, 2.75) is 40.3 Å². The maximum Gasteiger partial charge on any atom is 0.139 e. The summed E-state index contributed by atoms with van der Waals surface area (Å²) in [5.41, 5.74) is 4.16. The van der Waals surface area contributed by atoms with Crippen LogP contribution in [0.25, 0.3) is 5.41 Å². The van der Waals surface area contributed by atoms with E-state index in [4.69, 9.17) is 14.7 Å². The zero-order valence-corrected chi connectivity index (χ0v) is 23.3. The molecule has 0 unspecified atom stereocenters. The Kier molecular flexibility index (Phi) is 8.49. The second kappa shape index (κ2) is 12.4. The summed E-state index contributed by atoms with van der Waals surface area (Å²) in [5.74, 6) is -0.518. The Morgan fingerprint density at radius 1 is 1.07 bits per heavy atom. The number of anilines is 3. The predicted molar refractivity (Wildman–Crippen MR) is 157 cm³/mol. The maximum atomic E-state index is 14.7. The van der Waals surface area contributed by atoms with Crippen molar-refractivity contribution in [1.82, 2.24) is 19.9 Å². The molecule has 0 amide bonds. The summed E-state index contributed by atoms with van der Waals surface area (Å²) >= 11 is 0. The van der Waals surface area contributed by atoms with Gasteiger partial charge in [-0.25, -0.2) is 18.7 Å². The second-order valence-electron chi connectivity index (χ2n) is 9.80. The van der Waals surface area contributed by atoms with Crippen LogP contribution < -0.4 is 15.4 Å². The normalized spacial score (nSPS) is 13.0. The van der Waals surface area contributed by atoms with Crippen molar-refractivity contribution in [3.8, 4) is 5.75 Å². The Morgan fingerprint density at radius 3 is 2.59 bits per heavy atom. The van der Waals surface area contributed by atoms with Crippen molar-refractivity contribution in [3.63, 3.8) is 0 Å². The number of para-hydroxylation sites is 1. The Labute approximate surface area is 238 Å². The monoisotopic (exact) mass is 556 g/mol. The average Bonchev–Trinajstić information content (AvgIpc) is 2.96. The third-order valence-corrected chi connectivity index (χ3v) is 7.02. The summed E-state index contributed by atoms with van der Waals surface area (Å²) < 4.78 is 34.6. The zero-order valence-electron chi connectivity index (χ0n) is 23.3. The van der Waals surface area contributed by atoms with E-state index in [1.807, 2.05) is 19.1 Å². The zero-order chi connectivity index (χ0) is 28.9. The molecule has 212 valence electrons. The minimum Gasteiger partial charge on any atom is -0.800 e. The molecule has 0 saturated carbocycles. The number of fused-ring (bicyclic) bond motifs is 1. The molecule has 0 atom stereocenters. The Bertz CT molecular complexity index is 1550. The Hall–Kier alpha value is -4.44. The fourth-order valence-corrected chi connectivity index (χ4v) is 4.86. The molecule has 3 heterocycles. The van der Waals surface area contributed by atoms with E-state index in [-0.39, 0.29) is 29.4 Å². The number of nitrogens with zero attached hydrogens (tertiary/aromatic N) is 5. The first kappa shape index (κ1) is 28.1. The third kappa shape index (κ3) is 6.33. The molecule has 2 N–H and O–H groups in total. The van der Waals surface area contributed by atoms with Crippen LogP contribution >= 0.6 is 0 Å². The molecule has 1 aliphatic heterocycles. The van der Waals surface area contributed by atoms with Gasteiger partial charge in [-0.15, -0.1) is 5.71 Å². The lowest BCUT2D eigenvalue weighted by molar-refractivity contribution is 0.266. The van der Waals surface area contributed by atoms with Crippen molar-refractivity contribution in [1.29, 1.82) is 0 Å². The highest BCUT2D eigenvalue weighted by Gasteiger charge is 2.23. The number of hydrogen-bond acceptors (Lipinski definition) is 7. The van der Waals surface area contributed by atoms with Gasteiger partial charge in [-0.2, -0.15) is 0 Å². The number of pyridine rings is 1. The fraction of sp³-hybridized carbons (Fsp3) is 0.290. The molecular weight excluding hydrogens is 524 g/mol. The predicted octanol–water partition coefficient (Wildman–Crippen LogP) is 6.00. The summed E-state index contributed by atoms with van der Waals surface area (Å²) in [7, 11) is 0. The van der Waals surface area contributed by atoms with Crippen molar-refractivity contribution in [2.75, 3.05) is 30.3 Å². The van der Waals surface area contributed by atoms with E-state index in [9.17, 15) is 14.2 Å². The summed E-state index contributed by atoms with van der Waals surface area (Å²) in [4.78, 5) is 16.1. The lowest BCUT2D eigenvalue weighted by atomic mass is 10.0. The van der Waals surface area contributed by atoms with Gasteiger partial charge in [0.2, 0.25) is 0 Å². The van der Waals surface area contributed by atoms with E-state index in [0.717, 1.165) is 35.7 Å². The summed E-state index contributed by atoms with van der Waals surface area (Å²) in [6.07, 6.45) is 2.44. The molecule has 2 aromatic carbocycles. The number of halogens is 2. The van der Waals surface area contributed by atoms with Gasteiger partial charge in [-0.05, 0) is 44.2 Å². The molecule has 0 radical (unpaired) electrons. The van der Waals surface area contributed by atoms with Crippen LogP contribution in [0.1, 0.15) is 47.8 Å². The van der Waals surface area contributed by atoms with Crippen LogP contribution in [0.15, 0.2) is 54.7 Å². The SMILES string of the molecule is CCOc1cc(F)c(CNc2ccccc2C(=[N-])c2nc3c(c(Nc4ccnc(C)c4)n2)CN(CC)CC3)c(F)c1. The minimum atomic E-state index is -0.715. The largest absolute Gasteiger partial charge is 0.800 e. The van der Waals surface area contributed by atoms with Gasteiger partial charge < -0.3 is 20.8 Å². The molecule has 41 heavy (non-hydrogen) atoms. The van der Waals surface area contributed by atoms with E-state index in [0.29, 0.717) is 36.6 Å². The molecule has 1 aliphatic rings. The van der Waals surface area contributed by atoms with Crippen LogP contribution in [0.2, 0.25) is 0 Å². The first-order valence-electron chi connectivity index (χ1n) is 13.7. The summed E-state index contributed by atoms with van der Waals surface area (Å²) in [5, 5.41) is 17.9. The van der Waals surface area contributed by atoms with Crippen LogP contribution in [-0.2, 0) is 19.5 Å². The Morgan fingerprint density at radius 2 is 1.85 bits per heavy atom. The van der Waals surface area contributed by atoms with Gasteiger partial charge in [-0.1, -0.05) is 25.1 Å². The van der Waals surface area contributed by atoms with Gasteiger partial charge in [0.25, 0.3) is 0 Å². The van der Waals surface area contributed by atoms with Crippen LogP contribution in [-0.4, -0.2) is 45.3 Å². The molecule has 5 rings (SSSR count). The standard InChI is InChI=1S/C31H32F2N7O/c1-4-40-13-11-28-24(18-40)30(37-20-10-12-35-19(3)14-20)39-31(38-28)29(34)22-8-6-7-9-27(22)36-17-23-25(32)15-21(41-5-2)16-26(23)33/h6-10,12,14-16,36H,4-5,11,13,17-18H2,1-3H3,(H,35,37,38,39)/q-1. The van der Waals surface area contributed by atoms with Crippen LogP contribution in [0.3, 0.4) is 0 Å². The van der Waals surface area contributed by atoms with E-state index < -0.39 is 11.6 Å². The average molecular weight is 557 g/mol. The van der Waals surface area contributed by atoms with Gasteiger partial charge in [0.1, 0.15) is 29.0 Å². The molecule has 0 aliphatic carbocycles.